The Labute approximate surface area is 284 Å². The van der Waals surface area contributed by atoms with Crippen molar-refractivity contribution in [1.29, 1.82) is 0 Å². The van der Waals surface area contributed by atoms with Crippen LogP contribution in [-0.2, 0) is 15.1 Å². The molecular formula is C39H39N3O7. The molecule has 1 saturated heterocycles. The highest BCUT2D eigenvalue weighted by Gasteiger charge is 2.45. The molecular weight excluding hydrogens is 622 g/mol. The second-order valence-corrected chi connectivity index (χ2v) is 12.0. The lowest BCUT2D eigenvalue weighted by Gasteiger charge is -2.37. The van der Waals surface area contributed by atoms with Crippen LogP contribution in [0.4, 0.5) is 5.82 Å². The molecule has 0 radical (unpaired) electrons. The van der Waals surface area contributed by atoms with E-state index in [2.05, 4.69) is 10.3 Å². The molecule has 6 rings (SSSR count). The molecule has 0 spiro atoms. The minimum Gasteiger partial charge on any atom is -0.497 e. The molecule has 49 heavy (non-hydrogen) atoms. The molecule has 1 unspecified atom stereocenters. The number of hydrogen-bond acceptors (Lipinski definition) is 8. The highest BCUT2D eigenvalue weighted by Crippen LogP contribution is 2.43. The number of rotatable bonds is 11. The van der Waals surface area contributed by atoms with Gasteiger partial charge >= 0.3 is 5.69 Å². The SMILES string of the molecule is COc1ccc(C(OC[C@H]2O[C@@H](n3cc(C)c(NC(=O)c4ccccc4)nc3=O)C(C)[C@H]2O)(c2ccccc2)c2ccc(OC)cc2)cc1. The average molecular weight is 662 g/mol. The molecule has 0 saturated carbocycles. The molecule has 1 amide bonds. The minimum atomic E-state index is -1.11. The number of carbonyl (C=O) groups excluding carboxylic acids is 1. The van der Waals surface area contributed by atoms with Crippen molar-refractivity contribution < 1.29 is 28.8 Å². The maximum absolute atomic E-state index is 13.3. The zero-order chi connectivity index (χ0) is 34.5. The van der Waals surface area contributed by atoms with Crippen LogP contribution in [0.5, 0.6) is 11.5 Å². The molecule has 10 heteroatoms. The number of aliphatic hydroxyl groups is 1. The Bertz CT molecular complexity index is 1880. The van der Waals surface area contributed by atoms with Gasteiger partial charge in [0.1, 0.15) is 35.2 Å². The summed E-state index contributed by atoms with van der Waals surface area (Å²) in [5.74, 6) is 0.707. The van der Waals surface area contributed by atoms with Gasteiger partial charge in [-0.15, -0.1) is 0 Å². The molecule has 0 aliphatic carbocycles. The third-order valence-electron chi connectivity index (χ3n) is 9.00. The molecule has 2 N–H and O–H groups in total. The van der Waals surface area contributed by atoms with Crippen LogP contribution in [0.25, 0.3) is 0 Å². The Kier molecular flexibility index (Phi) is 9.91. The molecule has 1 fully saturated rings. The lowest BCUT2D eigenvalue weighted by Crippen LogP contribution is -2.38. The molecule has 10 nitrogen and oxygen atoms in total. The maximum Gasteiger partial charge on any atom is 0.351 e. The van der Waals surface area contributed by atoms with Crippen LogP contribution >= 0.6 is 0 Å². The van der Waals surface area contributed by atoms with E-state index in [1.165, 1.54) is 4.57 Å². The van der Waals surface area contributed by atoms with Gasteiger partial charge in [-0.2, -0.15) is 4.98 Å². The van der Waals surface area contributed by atoms with Gasteiger partial charge in [0.2, 0.25) is 0 Å². The quantitative estimate of drug-likeness (QED) is 0.173. The molecule has 1 aromatic heterocycles. The smallest absolute Gasteiger partial charge is 0.351 e. The van der Waals surface area contributed by atoms with Gasteiger partial charge in [-0.3, -0.25) is 9.36 Å². The summed E-state index contributed by atoms with van der Waals surface area (Å²) in [4.78, 5) is 30.2. The van der Waals surface area contributed by atoms with Crippen LogP contribution in [-0.4, -0.2) is 53.6 Å². The van der Waals surface area contributed by atoms with E-state index in [1.807, 2.05) is 91.9 Å². The number of aryl methyl sites for hydroxylation is 1. The van der Waals surface area contributed by atoms with Gasteiger partial charge in [-0.05, 0) is 60.0 Å². The van der Waals surface area contributed by atoms with Crippen molar-refractivity contribution in [3.05, 3.63) is 154 Å². The fraction of sp³-hybridized carbons (Fsp3) is 0.256. The zero-order valence-corrected chi connectivity index (χ0v) is 27.8. The standard InChI is InChI=1S/C39H39N3O7/c1-25-23-42(38(45)41-35(25)40-36(44)27-11-7-5-8-12-27)37-26(2)34(43)33(49-37)24-48-39(28-13-9-6-10-14-28,29-15-19-31(46-3)20-16-29)30-17-21-32(47-4)22-18-30/h5-23,26,33-34,37,43H,24H2,1-4H3,(H,40,41,44,45)/t26?,33-,34-,37-/m1/s1. The largest absolute Gasteiger partial charge is 0.497 e. The van der Waals surface area contributed by atoms with Gasteiger partial charge in [0.05, 0.1) is 26.9 Å². The van der Waals surface area contributed by atoms with E-state index in [1.54, 1.807) is 51.6 Å². The summed E-state index contributed by atoms with van der Waals surface area (Å²) in [5.41, 5.74) is 1.83. The number of benzene rings is 4. The van der Waals surface area contributed by atoms with Gasteiger partial charge in [0, 0.05) is 23.2 Å². The van der Waals surface area contributed by atoms with Gasteiger partial charge in [-0.1, -0.05) is 79.7 Å². The zero-order valence-electron chi connectivity index (χ0n) is 27.8. The molecule has 0 bridgehead atoms. The topological polar surface area (TPSA) is 121 Å². The monoisotopic (exact) mass is 661 g/mol. The third kappa shape index (κ3) is 6.71. The Balaban J connectivity index is 1.31. The molecule has 1 aliphatic rings. The lowest BCUT2D eigenvalue weighted by atomic mass is 9.80. The first kappa shape index (κ1) is 33.6. The number of amides is 1. The first-order valence-electron chi connectivity index (χ1n) is 16.0. The minimum absolute atomic E-state index is 0.0126. The van der Waals surface area contributed by atoms with Crippen molar-refractivity contribution >= 4 is 11.7 Å². The molecule has 252 valence electrons. The molecule has 1 aliphatic heterocycles. The number of ether oxygens (including phenoxy) is 4. The number of nitrogens with one attached hydrogen (secondary N) is 1. The summed E-state index contributed by atoms with van der Waals surface area (Å²) in [6, 6.07) is 33.9. The van der Waals surface area contributed by atoms with Crippen molar-refractivity contribution in [2.75, 3.05) is 26.1 Å². The fourth-order valence-corrected chi connectivity index (χ4v) is 6.27. The van der Waals surface area contributed by atoms with Crippen molar-refractivity contribution in [3.8, 4) is 11.5 Å². The van der Waals surface area contributed by atoms with Crippen molar-refractivity contribution in [2.24, 2.45) is 5.92 Å². The summed E-state index contributed by atoms with van der Waals surface area (Å²) in [6.45, 7) is 3.55. The molecule has 4 atom stereocenters. The predicted octanol–water partition coefficient (Wildman–Crippen LogP) is 5.72. The van der Waals surface area contributed by atoms with Crippen molar-refractivity contribution in [3.63, 3.8) is 0 Å². The number of anilines is 1. The second-order valence-electron chi connectivity index (χ2n) is 12.0. The van der Waals surface area contributed by atoms with Crippen molar-refractivity contribution in [1.82, 2.24) is 9.55 Å². The molecule has 5 aromatic rings. The van der Waals surface area contributed by atoms with Crippen LogP contribution in [0.3, 0.4) is 0 Å². The van der Waals surface area contributed by atoms with E-state index in [9.17, 15) is 14.7 Å². The van der Waals surface area contributed by atoms with E-state index in [0.29, 0.717) is 22.6 Å². The first-order chi connectivity index (χ1) is 23.7. The summed E-state index contributed by atoms with van der Waals surface area (Å²) < 4.78 is 25.6. The number of hydrogen-bond donors (Lipinski definition) is 2. The number of aliphatic hydroxyl groups excluding tert-OH is 1. The van der Waals surface area contributed by atoms with Crippen LogP contribution in [0.1, 0.15) is 45.8 Å². The molecule has 4 aromatic carbocycles. The highest BCUT2D eigenvalue weighted by atomic mass is 16.6. The number of carbonyl (C=O) groups is 1. The molecule has 2 heterocycles. The van der Waals surface area contributed by atoms with Crippen LogP contribution in [0.15, 0.2) is 120 Å². The summed E-state index contributed by atoms with van der Waals surface area (Å²) in [6.07, 6.45) is -0.982. The van der Waals surface area contributed by atoms with E-state index >= 15 is 0 Å². The number of nitrogens with zero attached hydrogens (tertiary/aromatic N) is 2. The van der Waals surface area contributed by atoms with E-state index in [-0.39, 0.29) is 18.3 Å². The fourth-order valence-electron chi connectivity index (χ4n) is 6.27. The Hall–Kier alpha value is -5.29. The van der Waals surface area contributed by atoms with Gasteiger partial charge in [-0.25, -0.2) is 4.79 Å². The normalized spacial score (nSPS) is 19.0. The van der Waals surface area contributed by atoms with Gasteiger partial charge < -0.3 is 29.4 Å². The second kappa shape index (κ2) is 14.4. The van der Waals surface area contributed by atoms with E-state index < -0.39 is 35.6 Å². The lowest BCUT2D eigenvalue weighted by molar-refractivity contribution is -0.0948. The first-order valence-corrected chi connectivity index (χ1v) is 16.0. The summed E-state index contributed by atoms with van der Waals surface area (Å²) >= 11 is 0. The maximum atomic E-state index is 13.3. The van der Waals surface area contributed by atoms with E-state index in [0.717, 1.165) is 16.7 Å². The number of aromatic nitrogens is 2. The average Bonchev–Trinajstić information content (AvgIpc) is 3.43. The van der Waals surface area contributed by atoms with Crippen LogP contribution in [0.2, 0.25) is 0 Å². The summed E-state index contributed by atoms with van der Waals surface area (Å²) in [7, 11) is 3.24. The van der Waals surface area contributed by atoms with Crippen molar-refractivity contribution in [2.45, 2.75) is 37.9 Å². The van der Waals surface area contributed by atoms with Gasteiger partial charge in [0.15, 0.2) is 0 Å². The van der Waals surface area contributed by atoms with Gasteiger partial charge in [0.25, 0.3) is 5.91 Å². The summed E-state index contributed by atoms with van der Waals surface area (Å²) in [5, 5.41) is 14.2. The van der Waals surface area contributed by atoms with E-state index in [4.69, 9.17) is 18.9 Å². The Morgan fingerprint density at radius 3 is 1.94 bits per heavy atom. The van der Waals surface area contributed by atoms with Crippen LogP contribution < -0.4 is 20.5 Å². The Morgan fingerprint density at radius 1 is 0.857 bits per heavy atom. The predicted molar refractivity (Wildman–Crippen MR) is 185 cm³/mol. The number of methoxy groups -OCH3 is 2. The highest BCUT2D eigenvalue weighted by molar-refractivity contribution is 6.04. The Morgan fingerprint density at radius 2 is 1.39 bits per heavy atom. The van der Waals surface area contributed by atoms with Crippen LogP contribution in [0, 0.1) is 12.8 Å². The third-order valence-corrected chi connectivity index (χ3v) is 9.00.